The van der Waals surface area contributed by atoms with Crippen LogP contribution in [0, 0.1) is 11.7 Å². The number of nitrogens with one attached hydrogen (secondary N) is 1. The first-order chi connectivity index (χ1) is 12.4. The van der Waals surface area contributed by atoms with Gasteiger partial charge >= 0.3 is 0 Å². The molecule has 0 spiro atoms. The van der Waals surface area contributed by atoms with E-state index in [0.29, 0.717) is 13.1 Å². The van der Waals surface area contributed by atoms with Crippen LogP contribution >= 0.6 is 0 Å². The Morgan fingerprint density at radius 2 is 2.00 bits per heavy atom. The Morgan fingerprint density at radius 3 is 2.62 bits per heavy atom. The number of sulfonamides is 1. The largest absolute Gasteiger partial charge is 0.339 e. The van der Waals surface area contributed by atoms with Gasteiger partial charge in [-0.05, 0) is 43.1 Å². The molecule has 0 bridgehead atoms. The van der Waals surface area contributed by atoms with Gasteiger partial charge in [0.25, 0.3) is 10.0 Å². The Bertz CT molecular complexity index is 835. The van der Waals surface area contributed by atoms with Crippen LogP contribution in [0.1, 0.15) is 24.8 Å². The third-order valence-corrected chi connectivity index (χ3v) is 6.54. The zero-order valence-corrected chi connectivity index (χ0v) is 15.9. The van der Waals surface area contributed by atoms with Crippen molar-refractivity contribution in [1.29, 1.82) is 0 Å². The van der Waals surface area contributed by atoms with Gasteiger partial charge in [-0.25, -0.2) is 17.8 Å². The summed E-state index contributed by atoms with van der Waals surface area (Å²) in [6, 6.07) is 6.37. The Kier molecular flexibility index (Phi) is 5.74. The summed E-state index contributed by atoms with van der Waals surface area (Å²) in [6.45, 7) is 4.52. The fourth-order valence-electron chi connectivity index (χ4n) is 3.44. The molecule has 1 fully saturated rings. The van der Waals surface area contributed by atoms with Crippen molar-refractivity contribution < 1.29 is 12.8 Å². The molecule has 1 aromatic heterocycles. The molecule has 26 heavy (non-hydrogen) atoms. The lowest BCUT2D eigenvalue weighted by molar-refractivity contribution is 0.438. The molecular weight excluding hydrogens is 355 g/mol. The second kappa shape index (κ2) is 7.85. The Labute approximate surface area is 154 Å². The molecule has 2 aromatic rings. The van der Waals surface area contributed by atoms with Crippen LogP contribution in [0.2, 0.25) is 0 Å². The third kappa shape index (κ3) is 3.97. The number of aryl methyl sites for hydroxylation is 1. The number of hydrogen-bond donors (Lipinski definition) is 1. The molecule has 1 aromatic carbocycles. The minimum Gasteiger partial charge on any atom is -0.339 e. The lowest BCUT2D eigenvalue weighted by atomic mass is 9.89. The number of rotatable bonds is 7. The lowest BCUT2D eigenvalue weighted by Crippen LogP contribution is -2.31. The molecule has 3 rings (SSSR count). The van der Waals surface area contributed by atoms with Gasteiger partial charge in [-0.1, -0.05) is 19.1 Å². The maximum Gasteiger partial charge on any atom is 0.262 e. The second-order valence-corrected chi connectivity index (χ2v) is 8.71. The van der Waals surface area contributed by atoms with E-state index in [9.17, 15) is 12.8 Å². The van der Waals surface area contributed by atoms with Crippen molar-refractivity contribution in [2.45, 2.75) is 24.3 Å². The molecule has 1 aliphatic rings. The topological polar surface area (TPSA) is 67.2 Å². The number of halogens is 1. The number of hydrogen-bond acceptors (Lipinski definition) is 4. The molecule has 8 heteroatoms. The zero-order chi connectivity index (χ0) is 18.7. The van der Waals surface area contributed by atoms with Gasteiger partial charge in [-0.3, -0.25) is 0 Å². The maximum atomic E-state index is 13.3. The summed E-state index contributed by atoms with van der Waals surface area (Å²) in [4.78, 5) is 4.01. The Morgan fingerprint density at radius 1 is 1.27 bits per heavy atom. The minimum atomic E-state index is -3.63. The Balaban J connectivity index is 1.84. The molecule has 2 atom stereocenters. The van der Waals surface area contributed by atoms with E-state index < -0.39 is 10.0 Å². The first-order valence-electron chi connectivity index (χ1n) is 8.86. The van der Waals surface area contributed by atoms with Crippen molar-refractivity contribution in [2.75, 3.05) is 26.2 Å². The van der Waals surface area contributed by atoms with Crippen molar-refractivity contribution in [3.63, 3.8) is 0 Å². The second-order valence-electron chi connectivity index (χ2n) is 6.82. The molecule has 0 radical (unpaired) electrons. The van der Waals surface area contributed by atoms with Crippen LogP contribution in [0.15, 0.2) is 41.8 Å². The number of benzene rings is 1. The van der Waals surface area contributed by atoms with Crippen LogP contribution < -0.4 is 5.32 Å². The van der Waals surface area contributed by atoms with Crippen LogP contribution in [-0.4, -0.2) is 48.5 Å². The van der Waals surface area contributed by atoms with Gasteiger partial charge < -0.3 is 9.88 Å². The van der Waals surface area contributed by atoms with E-state index in [2.05, 4.69) is 17.2 Å². The van der Waals surface area contributed by atoms with Crippen LogP contribution in [0.5, 0.6) is 0 Å². The van der Waals surface area contributed by atoms with E-state index in [1.807, 2.05) is 0 Å². The van der Waals surface area contributed by atoms with E-state index in [0.717, 1.165) is 25.1 Å². The summed E-state index contributed by atoms with van der Waals surface area (Å²) in [5.41, 5.74) is 0.966. The molecule has 1 aliphatic heterocycles. The van der Waals surface area contributed by atoms with E-state index in [1.54, 1.807) is 23.7 Å². The molecule has 2 heterocycles. The van der Waals surface area contributed by atoms with Gasteiger partial charge in [0.15, 0.2) is 5.03 Å². The molecule has 1 N–H and O–H groups in total. The molecular formula is C18H25FN4O2S. The average molecular weight is 380 g/mol. The van der Waals surface area contributed by atoms with Crippen LogP contribution in [-0.2, 0) is 17.1 Å². The highest BCUT2D eigenvalue weighted by Gasteiger charge is 2.40. The van der Waals surface area contributed by atoms with Crippen molar-refractivity contribution in [1.82, 2.24) is 19.2 Å². The van der Waals surface area contributed by atoms with E-state index in [4.69, 9.17) is 0 Å². The predicted octanol–water partition coefficient (Wildman–Crippen LogP) is 1.96. The van der Waals surface area contributed by atoms with Crippen molar-refractivity contribution in [3.8, 4) is 0 Å². The number of nitrogens with zero attached hydrogens (tertiary/aromatic N) is 3. The molecule has 0 aliphatic carbocycles. The molecule has 2 unspecified atom stereocenters. The molecule has 0 saturated carbocycles. The number of aromatic nitrogens is 2. The molecule has 0 amide bonds. The quantitative estimate of drug-likeness (QED) is 0.746. The highest BCUT2D eigenvalue weighted by atomic mass is 32.2. The van der Waals surface area contributed by atoms with Gasteiger partial charge in [-0.2, -0.15) is 4.31 Å². The first-order valence-corrected chi connectivity index (χ1v) is 10.3. The van der Waals surface area contributed by atoms with Gasteiger partial charge in [0, 0.05) is 32.3 Å². The fraction of sp³-hybridized carbons (Fsp3) is 0.500. The molecule has 6 nitrogen and oxygen atoms in total. The fourth-order valence-corrected chi connectivity index (χ4v) is 4.93. The summed E-state index contributed by atoms with van der Waals surface area (Å²) < 4.78 is 42.3. The first kappa shape index (κ1) is 19.0. The summed E-state index contributed by atoms with van der Waals surface area (Å²) in [6.07, 6.45) is 4.02. The summed E-state index contributed by atoms with van der Waals surface area (Å²) in [5.74, 6) is -0.130. The van der Waals surface area contributed by atoms with Gasteiger partial charge in [0.2, 0.25) is 0 Å². The third-order valence-electron chi connectivity index (χ3n) is 4.82. The van der Waals surface area contributed by atoms with E-state index in [1.165, 1.54) is 29.0 Å². The highest BCUT2D eigenvalue weighted by Crippen LogP contribution is 2.35. The molecule has 142 valence electrons. The monoisotopic (exact) mass is 380 g/mol. The standard InChI is InChI=1S/C18H25FN4O2S/c1-3-8-20-9-15-10-23(26(24,25)18-12-22(2)13-21-18)11-17(15)14-4-6-16(19)7-5-14/h4-7,12-13,15,17,20H,3,8-11H2,1-2H3. The molecule has 1 saturated heterocycles. The van der Waals surface area contributed by atoms with Crippen molar-refractivity contribution >= 4 is 10.0 Å². The highest BCUT2D eigenvalue weighted by molar-refractivity contribution is 7.89. The summed E-state index contributed by atoms with van der Waals surface area (Å²) in [5, 5.41) is 3.46. The van der Waals surface area contributed by atoms with Gasteiger partial charge in [-0.15, -0.1) is 0 Å². The van der Waals surface area contributed by atoms with Crippen molar-refractivity contribution in [3.05, 3.63) is 48.2 Å². The average Bonchev–Trinajstić information content (AvgIpc) is 3.23. The Hall–Kier alpha value is -1.77. The smallest absolute Gasteiger partial charge is 0.262 e. The van der Waals surface area contributed by atoms with Gasteiger partial charge in [0.05, 0.1) is 6.33 Å². The normalized spacial score (nSPS) is 21.3. The van der Waals surface area contributed by atoms with Crippen LogP contribution in [0.4, 0.5) is 4.39 Å². The van der Waals surface area contributed by atoms with E-state index in [-0.39, 0.29) is 22.7 Å². The SMILES string of the molecule is CCCNCC1CN(S(=O)(=O)c2cn(C)cn2)CC1c1ccc(F)cc1. The van der Waals surface area contributed by atoms with Gasteiger partial charge in [0.1, 0.15) is 5.82 Å². The zero-order valence-electron chi connectivity index (χ0n) is 15.1. The summed E-state index contributed by atoms with van der Waals surface area (Å²) in [7, 11) is -1.89. The van der Waals surface area contributed by atoms with Crippen LogP contribution in [0.25, 0.3) is 0 Å². The van der Waals surface area contributed by atoms with E-state index >= 15 is 0 Å². The number of imidazole rings is 1. The maximum absolute atomic E-state index is 13.3. The lowest BCUT2D eigenvalue weighted by Gasteiger charge is -2.19. The van der Waals surface area contributed by atoms with Crippen molar-refractivity contribution in [2.24, 2.45) is 13.0 Å². The minimum absolute atomic E-state index is 0.0263. The van der Waals surface area contributed by atoms with Crippen LogP contribution in [0.3, 0.4) is 0 Å². The predicted molar refractivity (Wildman–Crippen MR) is 97.8 cm³/mol. The summed E-state index contributed by atoms with van der Waals surface area (Å²) >= 11 is 0.